The second-order valence-electron chi connectivity index (χ2n) is 12.9. The van der Waals surface area contributed by atoms with Gasteiger partial charge in [0.15, 0.2) is 0 Å². The summed E-state index contributed by atoms with van der Waals surface area (Å²) in [6, 6.07) is 0. The van der Waals surface area contributed by atoms with Crippen LogP contribution in [0, 0.1) is 0 Å². The van der Waals surface area contributed by atoms with Crippen molar-refractivity contribution in [2.45, 2.75) is 161 Å². The van der Waals surface area contributed by atoms with Crippen molar-refractivity contribution in [2.24, 2.45) is 0 Å². The van der Waals surface area contributed by atoms with Gasteiger partial charge in [-0.2, -0.15) is 0 Å². The molecule has 0 saturated heterocycles. The van der Waals surface area contributed by atoms with Crippen LogP contribution in [0.1, 0.15) is 155 Å². The first-order valence-electron chi connectivity index (χ1n) is 20.5. The van der Waals surface area contributed by atoms with Crippen LogP contribution in [0.25, 0.3) is 0 Å². The summed E-state index contributed by atoms with van der Waals surface area (Å²) in [7, 11) is 0. The molecular weight excluding hydrogens is 629 g/mol. The predicted octanol–water partition coefficient (Wildman–Crippen LogP) is 13.5. The maximum absolute atomic E-state index is 12.2. The number of esters is 1. The Kier molecular flexibility index (Phi) is 40.7. The normalized spacial score (nSPS) is 13.5. The molecular formula is C47H76O4. The van der Waals surface area contributed by atoms with E-state index in [0.29, 0.717) is 13.0 Å². The highest BCUT2D eigenvalue weighted by Crippen LogP contribution is 2.11. The van der Waals surface area contributed by atoms with Crippen molar-refractivity contribution in [1.29, 1.82) is 0 Å². The number of aliphatic hydroxyl groups is 1. The van der Waals surface area contributed by atoms with Crippen LogP contribution in [0.15, 0.2) is 109 Å². The van der Waals surface area contributed by atoms with E-state index in [2.05, 4.69) is 123 Å². The van der Waals surface area contributed by atoms with E-state index in [0.717, 1.165) is 109 Å². The third-order valence-corrected chi connectivity index (χ3v) is 8.09. The van der Waals surface area contributed by atoms with Gasteiger partial charge in [0.1, 0.15) is 6.10 Å². The van der Waals surface area contributed by atoms with Gasteiger partial charge in [0, 0.05) is 13.0 Å². The van der Waals surface area contributed by atoms with Crippen molar-refractivity contribution < 1.29 is 19.4 Å². The van der Waals surface area contributed by atoms with Crippen LogP contribution >= 0.6 is 0 Å². The first kappa shape index (κ1) is 48.1. The molecule has 0 aromatic heterocycles. The Morgan fingerprint density at radius 3 is 1.24 bits per heavy atom. The SMILES string of the molecule is CC/C=C\C/C=C\C/C=C\C/C=C\C/C=C\CCCCCCCCCC(=O)OC(CO)COCCCCC/C=C\C/C=C\C/C=C\C/C=C\CC. The summed E-state index contributed by atoms with van der Waals surface area (Å²) in [6.45, 7) is 5.01. The van der Waals surface area contributed by atoms with Crippen molar-refractivity contribution in [3.8, 4) is 0 Å². The fraction of sp³-hybridized carbons (Fsp3) is 0.596. The molecule has 0 aromatic carbocycles. The Morgan fingerprint density at radius 1 is 0.471 bits per heavy atom. The predicted molar refractivity (Wildman–Crippen MR) is 223 cm³/mol. The number of ether oxygens (including phenoxy) is 2. The summed E-state index contributed by atoms with van der Waals surface area (Å²) >= 11 is 0. The quantitative estimate of drug-likeness (QED) is 0.0401. The van der Waals surface area contributed by atoms with E-state index >= 15 is 0 Å². The molecule has 4 heteroatoms. The molecule has 0 saturated carbocycles. The van der Waals surface area contributed by atoms with Gasteiger partial charge in [-0.25, -0.2) is 0 Å². The number of unbranched alkanes of at least 4 members (excludes halogenated alkanes) is 10. The van der Waals surface area contributed by atoms with E-state index in [4.69, 9.17) is 9.47 Å². The fourth-order valence-electron chi connectivity index (χ4n) is 5.11. The van der Waals surface area contributed by atoms with E-state index in [-0.39, 0.29) is 19.2 Å². The Hall–Kier alpha value is -2.95. The molecule has 0 aliphatic rings. The van der Waals surface area contributed by atoms with E-state index in [1.165, 1.54) is 25.7 Å². The lowest BCUT2D eigenvalue weighted by Crippen LogP contribution is -2.27. The van der Waals surface area contributed by atoms with Crippen molar-refractivity contribution in [3.05, 3.63) is 109 Å². The molecule has 0 spiro atoms. The smallest absolute Gasteiger partial charge is 0.306 e. The Balaban J connectivity index is 3.58. The third kappa shape index (κ3) is 41.4. The molecule has 1 N–H and O–H groups in total. The largest absolute Gasteiger partial charge is 0.457 e. The topological polar surface area (TPSA) is 55.8 Å². The van der Waals surface area contributed by atoms with Crippen molar-refractivity contribution >= 4 is 5.97 Å². The van der Waals surface area contributed by atoms with Gasteiger partial charge in [-0.3, -0.25) is 4.79 Å². The molecule has 0 bridgehead atoms. The summed E-state index contributed by atoms with van der Waals surface area (Å²) in [6.07, 6.45) is 62.8. The van der Waals surface area contributed by atoms with Gasteiger partial charge in [-0.05, 0) is 96.3 Å². The molecule has 51 heavy (non-hydrogen) atoms. The summed E-state index contributed by atoms with van der Waals surface area (Å²) < 4.78 is 11.1. The number of aliphatic hydroxyl groups excluding tert-OH is 1. The highest BCUT2D eigenvalue weighted by atomic mass is 16.6. The zero-order chi connectivity index (χ0) is 37.0. The zero-order valence-electron chi connectivity index (χ0n) is 32.8. The molecule has 0 amide bonds. The zero-order valence-corrected chi connectivity index (χ0v) is 32.8. The highest BCUT2D eigenvalue weighted by Gasteiger charge is 2.13. The number of carbonyl (C=O) groups is 1. The number of carbonyl (C=O) groups excluding carboxylic acids is 1. The lowest BCUT2D eigenvalue weighted by molar-refractivity contribution is -0.154. The number of rotatable bonds is 36. The maximum Gasteiger partial charge on any atom is 0.306 e. The second-order valence-corrected chi connectivity index (χ2v) is 12.9. The molecule has 0 radical (unpaired) electrons. The lowest BCUT2D eigenvalue weighted by atomic mass is 10.1. The van der Waals surface area contributed by atoms with Crippen LogP contribution in [0.2, 0.25) is 0 Å². The van der Waals surface area contributed by atoms with Gasteiger partial charge in [0.05, 0.1) is 13.2 Å². The highest BCUT2D eigenvalue weighted by molar-refractivity contribution is 5.69. The average molecular weight is 705 g/mol. The molecule has 0 aliphatic carbocycles. The summed E-state index contributed by atoms with van der Waals surface area (Å²) in [5.74, 6) is -0.229. The summed E-state index contributed by atoms with van der Waals surface area (Å²) in [5.41, 5.74) is 0. The Morgan fingerprint density at radius 2 is 0.824 bits per heavy atom. The van der Waals surface area contributed by atoms with Gasteiger partial charge in [-0.15, -0.1) is 0 Å². The molecule has 0 heterocycles. The first-order valence-corrected chi connectivity index (χ1v) is 20.5. The van der Waals surface area contributed by atoms with Crippen LogP contribution < -0.4 is 0 Å². The molecule has 1 atom stereocenters. The van der Waals surface area contributed by atoms with Crippen molar-refractivity contribution in [3.63, 3.8) is 0 Å². The Bertz CT molecular complexity index is 1010. The van der Waals surface area contributed by atoms with Crippen LogP contribution in [0.4, 0.5) is 0 Å². The van der Waals surface area contributed by atoms with E-state index in [1.54, 1.807) is 0 Å². The van der Waals surface area contributed by atoms with E-state index in [9.17, 15) is 9.90 Å². The minimum Gasteiger partial charge on any atom is -0.457 e. The van der Waals surface area contributed by atoms with Crippen molar-refractivity contribution in [2.75, 3.05) is 19.8 Å². The Labute approximate surface area is 315 Å². The fourth-order valence-corrected chi connectivity index (χ4v) is 5.11. The van der Waals surface area contributed by atoms with E-state index < -0.39 is 6.10 Å². The van der Waals surface area contributed by atoms with Gasteiger partial charge in [-0.1, -0.05) is 162 Å². The number of hydrogen-bond donors (Lipinski definition) is 1. The molecule has 4 nitrogen and oxygen atoms in total. The molecule has 0 aromatic rings. The maximum atomic E-state index is 12.2. The van der Waals surface area contributed by atoms with Crippen LogP contribution in [0.5, 0.6) is 0 Å². The summed E-state index contributed by atoms with van der Waals surface area (Å²) in [5, 5.41) is 9.59. The van der Waals surface area contributed by atoms with Crippen molar-refractivity contribution in [1.82, 2.24) is 0 Å². The van der Waals surface area contributed by atoms with Crippen LogP contribution in [0.3, 0.4) is 0 Å². The van der Waals surface area contributed by atoms with Gasteiger partial charge < -0.3 is 14.6 Å². The summed E-state index contributed by atoms with van der Waals surface area (Å²) in [4.78, 5) is 12.2. The molecule has 0 rings (SSSR count). The van der Waals surface area contributed by atoms with Gasteiger partial charge >= 0.3 is 5.97 Å². The second kappa shape index (κ2) is 43.2. The van der Waals surface area contributed by atoms with Crippen LogP contribution in [-0.4, -0.2) is 37.0 Å². The van der Waals surface area contributed by atoms with Gasteiger partial charge in [0.2, 0.25) is 0 Å². The number of allylic oxidation sites excluding steroid dienone is 18. The molecule has 0 aliphatic heterocycles. The van der Waals surface area contributed by atoms with Crippen LogP contribution in [-0.2, 0) is 14.3 Å². The van der Waals surface area contributed by atoms with Gasteiger partial charge in [0.25, 0.3) is 0 Å². The molecule has 288 valence electrons. The third-order valence-electron chi connectivity index (χ3n) is 8.09. The lowest BCUT2D eigenvalue weighted by Gasteiger charge is -2.15. The molecule has 0 fully saturated rings. The standard InChI is InChI=1S/C47H76O4/c1-3-5-7-9-11-13-15-17-19-21-22-23-24-25-26-27-28-30-32-34-36-38-40-42-47(49)51-46(44-48)45-50-43-41-39-37-35-33-31-29-20-18-16-14-12-10-8-6-4-2/h5-8,11-14,17-20,22-23,25-26,31,33,46,48H,3-4,9-10,15-16,21,24,27-30,32,34-45H2,1-2H3/b7-5-,8-6-,13-11-,14-12-,19-17-,20-18-,23-22-,26-25-,33-31-. The minimum atomic E-state index is -0.565. The number of hydrogen-bond acceptors (Lipinski definition) is 4. The monoisotopic (exact) mass is 705 g/mol. The minimum absolute atomic E-state index is 0.197. The first-order chi connectivity index (χ1) is 25.2. The molecule has 1 unspecified atom stereocenters. The average Bonchev–Trinajstić information content (AvgIpc) is 3.14. The van der Waals surface area contributed by atoms with E-state index in [1.807, 2.05) is 0 Å².